The smallest absolute Gasteiger partial charge is 0.234 e. The van der Waals surface area contributed by atoms with Crippen molar-refractivity contribution in [1.82, 2.24) is 15.5 Å². The van der Waals surface area contributed by atoms with E-state index in [9.17, 15) is 0 Å². The van der Waals surface area contributed by atoms with Crippen LogP contribution < -0.4 is 5.32 Å². The van der Waals surface area contributed by atoms with Gasteiger partial charge in [0, 0.05) is 17.3 Å². The molecule has 0 spiro atoms. The van der Waals surface area contributed by atoms with Gasteiger partial charge in [0.25, 0.3) is 0 Å². The lowest BCUT2D eigenvalue weighted by molar-refractivity contribution is 0.364. The summed E-state index contributed by atoms with van der Waals surface area (Å²) >= 11 is 5.16. The summed E-state index contributed by atoms with van der Waals surface area (Å²) < 4.78 is 6.46. The highest BCUT2D eigenvalue weighted by atomic mass is 79.9. The van der Waals surface area contributed by atoms with E-state index >= 15 is 0 Å². The van der Waals surface area contributed by atoms with Crippen LogP contribution in [0, 0.1) is 0 Å². The second-order valence-electron chi connectivity index (χ2n) is 4.31. The Balaban J connectivity index is 0.00000180. The zero-order chi connectivity index (χ0) is 13.1. The van der Waals surface area contributed by atoms with Gasteiger partial charge < -0.3 is 9.84 Å². The second-order valence-corrected chi connectivity index (χ2v) is 6.80. The predicted octanol–water partition coefficient (Wildman–Crippen LogP) is 3.62. The Bertz CT molecular complexity index is 517. The Hall–Kier alpha value is -0.430. The van der Waals surface area contributed by atoms with Crippen LogP contribution in [-0.4, -0.2) is 23.2 Å². The maximum Gasteiger partial charge on any atom is 0.234 e. The highest BCUT2D eigenvalue weighted by Crippen LogP contribution is 2.31. The molecular weight excluding hydrogens is 350 g/mol. The molecule has 2 unspecified atom stereocenters. The lowest BCUT2D eigenvalue weighted by atomic mass is 10.1. The van der Waals surface area contributed by atoms with Crippen LogP contribution in [0.25, 0.3) is 0 Å². The van der Waals surface area contributed by atoms with Crippen LogP contribution in [0.2, 0.25) is 0 Å². The van der Waals surface area contributed by atoms with E-state index in [1.807, 2.05) is 13.1 Å². The Morgan fingerprint density at radius 3 is 2.74 bits per heavy atom. The molecule has 0 aliphatic rings. The minimum atomic E-state index is 0. The summed E-state index contributed by atoms with van der Waals surface area (Å²) in [5.41, 5.74) is 0. The number of rotatable bonds is 5. The molecule has 2 heterocycles. The molecule has 0 amide bonds. The molecule has 2 aromatic rings. The molecule has 1 N–H and O–H groups in total. The third kappa shape index (κ3) is 4.27. The summed E-state index contributed by atoms with van der Waals surface area (Å²) in [6.45, 7) is 4.17. The Morgan fingerprint density at radius 1 is 1.42 bits per heavy atom. The lowest BCUT2D eigenvalue weighted by Crippen LogP contribution is -2.24. The van der Waals surface area contributed by atoms with E-state index in [4.69, 9.17) is 4.52 Å². The van der Waals surface area contributed by atoms with Crippen LogP contribution in [0.4, 0.5) is 0 Å². The van der Waals surface area contributed by atoms with Gasteiger partial charge in [-0.15, -0.1) is 23.7 Å². The van der Waals surface area contributed by atoms with Gasteiger partial charge in [0.15, 0.2) is 5.82 Å². The average Bonchev–Trinajstić information content (AvgIpc) is 2.97. The van der Waals surface area contributed by atoms with Crippen molar-refractivity contribution in [1.29, 1.82) is 0 Å². The zero-order valence-corrected chi connectivity index (χ0v) is 14.2. The quantitative estimate of drug-likeness (QED) is 0.878. The van der Waals surface area contributed by atoms with Crippen LogP contribution in [0.15, 0.2) is 20.4 Å². The number of nitrogens with zero attached hydrogens (tertiary/aromatic N) is 2. The first-order valence-electron chi connectivity index (χ1n) is 5.85. The molecule has 2 rings (SSSR count). The summed E-state index contributed by atoms with van der Waals surface area (Å²) in [6.07, 6.45) is 0.779. The van der Waals surface area contributed by atoms with Crippen LogP contribution in [-0.2, 0) is 6.42 Å². The van der Waals surface area contributed by atoms with E-state index in [0.29, 0.717) is 11.9 Å². The van der Waals surface area contributed by atoms with Crippen molar-refractivity contribution in [3.63, 3.8) is 0 Å². The van der Waals surface area contributed by atoms with Gasteiger partial charge in [-0.25, -0.2) is 0 Å². The summed E-state index contributed by atoms with van der Waals surface area (Å²) in [5, 5.41) is 7.19. The molecule has 0 aromatic carbocycles. The van der Waals surface area contributed by atoms with Crippen LogP contribution in [0.3, 0.4) is 0 Å². The highest BCUT2D eigenvalue weighted by molar-refractivity contribution is 9.11. The molecule has 7 heteroatoms. The first-order chi connectivity index (χ1) is 8.60. The fourth-order valence-electron chi connectivity index (χ4n) is 1.58. The topological polar surface area (TPSA) is 51.0 Å². The average molecular weight is 367 g/mol. The van der Waals surface area contributed by atoms with Gasteiger partial charge in [0.05, 0.1) is 9.70 Å². The summed E-state index contributed by atoms with van der Waals surface area (Å²) in [4.78, 5) is 5.68. The van der Waals surface area contributed by atoms with Crippen molar-refractivity contribution in [2.45, 2.75) is 32.2 Å². The molecule has 0 saturated heterocycles. The van der Waals surface area contributed by atoms with Crippen molar-refractivity contribution in [3.8, 4) is 0 Å². The third-order valence-electron chi connectivity index (χ3n) is 2.86. The lowest BCUT2D eigenvalue weighted by Gasteiger charge is -2.05. The normalized spacial score (nSPS) is 13.9. The third-order valence-corrected chi connectivity index (χ3v) is 4.66. The van der Waals surface area contributed by atoms with Gasteiger partial charge in [0.2, 0.25) is 5.89 Å². The first-order valence-corrected chi connectivity index (χ1v) is 7.46. The predicted molar refractivity (Wildman–Crippen MR) is 83.3 cm³/mol. The number of nitrogens with one attached hydrogen (secondary N) is 1. The van der Waals surface area contributed by atoms with Crippen LogP contribution in [0.1, 0.15) is 36.4 Å². The van der Waals surface area contributed by atoms with E-state index in [-0.39, 0.29) is 18.3 Å². The minimum Gasteiger partial charge on any atom is -0.339 e. The monoisotopic (exact) mass is 365 g/mol. The largest absolute Gasteiger partial charge is 0.339 e. The Kier molecular flexibility index (Phi) is 6.46. The number of hydrogen-bond acceptors (Lipinski definition) is 5. The molecule has 19 heavy (non-hydrogen) atoms. The Labute approximate surface area is 131 Å². The van der Waals surface area contributed by atoms with Gasteiger partial charge in [-0.3, -0.25) is 0 Å². The van der Waals surface area contributed by atoms with Crippen molar-refractivity contribution in [3.05, 3.63) is 32.5 Å². The molecule has 0 radical (unpaired) electrons. The summed E-state index contributed by atoms with van der Waals surface area (Å²) in [5.74, 6) is 1.59. The van der Waals surface area contributed by atoms with E-state index in [1.165, 1.54) is 4.88 Å². The summed E-state index contributed by atoms with van der Waals surface area (Å²) in [6, 6.07) is 4.47. The Morgan fingerprint density at radius 2 is 2.16 bits per heavy atom. The maximum absolute atomic E-state index is 5.34. The second kappa shape index (κ2) is 7.38. The molecule has 0 fully saturated rings. The molecular formula is C12H17BrClN3OS. The number of halogens is 2. The molecule has 0 aliphatic heterocycles. The standard InChI is InChI=1S/C12H16BrN3OS.ClH/c1-7(14-3)6-11-15-12(17-16-11)8(2)9-4-5-10(13)18-9;/h4-5,7-8,14H,6H2,1-3H3;1H. The van der Waals surface area contributed by atoms with Crippen molar-refractivity contribution in [2.24, 2.45) is 0 Å². The van der Waals surface area contributed by atoms with E-state index in [2.05, 4.69) is 51.3 Å². The first kappa shape index (κ1) is 16.6. The van der Waals surface area contributed by atoms with Crippen molar-refractivity contribution >= 4 is 39.7 Å². The number of thiophene rings is 1. The van der Waals surface area contributed by atoms with Crippen molar-refractivity contribution < 1.29 is 4.52 Å². The number of hydrogen-bond donors (Lipinski definition) is 1. The molecule has 106 valence electrons. The van der Waals surface area contributed by atoms with Gasteiger partial charge in [-0.1, -0.05) is 5.16 Å². The van der Waals surface area contributed by atoms with Gasteiger partial charge in [-0.2, -0.15) is 4.98 Å². The number of likely N-dealkylation sites (N-methyl/N-ethyl adjacent to an activating group) is 1. The molecule has 0 aliphatic carbocycles. The number of aromatic nitrogens is 2. The molecule has 4 nitrogen and oxygen atoms in total. The van der Waals surface area contributed by atoms with E-state index in [1.54, 1.807) is 11.3 Å². The van der Waals surface area contributed by atoms with Gasteiger partial charge >= 0.3 is 0 Å². The van der Waals surface area contributed by atoms with Gasteiger partial charge in [-0.05, 0) is 49.0 Å². The maximum atomic E-state index is 5.34. The molecule has 2 atom stereocenters. The molecule has 2 aromatic heterocycles. The summed E-state index contributed by atoms with van der Waals surface area (Å²) in [7, 11) is 1.93. The highest BCUT2D eigenvalue weighted by Gasteiger charge is 2.18. The van der Waals surface area contributed by atoms with Crippen LogP contribution >= 0.6 is 39.7 Å². The molecule has 0 saturated carbocycles. The SMILES string of the molecule is CNC(C)Cc1noc(C(C)c2ccc(Br)s2)n1.Cl. The fraction of sp³-hybridized carbons (Fsp3) is 0.500. The zero-order valence-electron chi connectivity index (χ0n) is 11.0. The van der Waals surface area contributed by atoms with Gasteiger partial charge in [0.1, 0.15) is 0 Å². The minimum absolute atomic E-state index is 0. The van der Waals surface area contributed by atoms with E-state index < -0.39 is 0 Å². The van der Waals surface area contributed by atoms with Crippen LogP contribution in [0.5, 0.6) is 0 Å². The van der Waals surface area contributed by atoms with Crippen molar-refractivity contribution in [2.75, 3.05) is 7.05 Å². The van der Waals surface area contributed by atoms with E-state index in [0.717, 1.165) is 16.0 Å². The fourth-order valence-corrected chi connectivity index (χ4v) is 3.05. The molecule has 0 bridgehead atoms.